The molecule has 0 fully saturated rings. The highest BCUT2D eigenvalue weighted by molar-refractivity contribution is 5.90. The van der Waals surface area contributed by atoms with Crippen LogP contribution in [0.3, 0.4) is 0 Å². The fourth-order valence-electron chi connectivity index (χ4n) is 1.78. The van der Waals surface area contributed by atoms with E-state index in [1.54, 1.807) is 48.5 Å². The summed E-state index contributed by atoms with van der Waals surface area (Å²) in [4.78, 5) is 31.2. The second-order valence-corrected chi connectivity index (χ2v) is 7.51. The Labute approximate surface area is 150 Å². The van der Waals surface area contributed by atoms with E-state index in [2.05, 4.69) is 5.16 Å². The van der Waals surface area contributed by atoms with E-state index in [0.717, 1.165) is 11.2 Å². The van der Waals surface area contributed by atoms with Crippen LogP contribution >= 0.6 is 0 Å². The lowest BCUT2D eigenvalue weighted by Crippen LogP contribution is -2.48. The average Bonchev–Trinajstić information content (AvgIpc) is 2.41. The normalized spacial score (nSPS) is 13.4. The van der Waals surface area contributed by atoms with Gasteiger partial charge in [0.1, 0.15) is 30.2 Å². The molecule has 1 atom stereocenters. The smallest absolute Gasteiger partial charge is 0.416 e. The number of rotatable bonds is 8. The van der Waals surface area contributed by atoms with E-state index < -0.39 is 29.3 Å². The fourth-order valence-corrected chi connectivity index (χ4v) is 1.78. The maximum absolute atomic E-state index is 12.6. The number of carbonyl (C=O) groups is 2. The summed E-state index contributed by atoms with van der Waals surface area (Å²) in [5.41, 5.74) is 4.15. The van der Waals surface area contributed by atoms with Crippen LogP contribution in [0.1, 0.15) is 61.3 Å². The Kier molecular flexibility index (Phi) is 9.48. The van der Waals surface area contributed by atoms with E-state index in [1.807, 2.05) is 0 Å². The van der Waals surface area contributed by atoms with Crippen molar-refractivity contribution in [1.29, 1.82) is 0 Å². The Hall–Kier alpha value is -1.83. The van der Waals surface area contributed by atoms with E-state index in [9.17, 15) is 9.59 Å². The number of nitrogens with zero attached hydrogens (tertiary/aromatic N) is 2. The summed E-state index contributed by atoms with van der Waals surface area (Å²) in [5, 5.41) is 3.71. The maximum Gasteiger partial charge on any atom is 0.416 e. The van der Waals surface area contributed by atoms with E-state index in [-0.39, 0.29) is 0 Å². The van der Waals surface area contributed by atoms with Gasteiger partial charge in [0.15, 0.2) is 0 Å². The van der Waals surface area contributed by atoms with Crippen LogP contribution in [0.4, 0.5) is 4.79 Å². The zero-order valence-electron chi connectivity index (χ0n) is 16.5. The van der Waals surface area contributed by atoms with Gasteiger partial charge in [-0.05, 0) is 67.9 Å². The van der Waals surface area contributed by atoms with Gasteiger partial charge in [0.2, 0.25) is 0 Å². The molecule has 0 bridgehead atoms. The lowest BCUT2D eigenvalue weighted by Gasteiger charge is -2.31. The molecule has 0 aromatic carbocycles. The van der Waals surface area contributed by atoms with E-state index in [4.69, 9.17) is 20.0 Å². The van der Waals surface area contributed by atoms with Gasteiger partial charge in [0.25, 0.3) is 0 Å². The second-order valence-electron chi connectivity index (χ2n) is 7.51. The molecular weight excluding hydrogens is 326 g/mol. The first-order valence-electron chi connectivity index (χ1n) is 8.51. The largest absolute Gasteiger partial charge is 0.458 e. The molecule has 0 unspecified atom stereocenters. The first-order chi connectivity index (χ1) is 11.4. The third-order valence-electron chi connectivity index (χ3n) is 2.68. The monoisotopic (exact) mass is 359 g/mol. The number of ether oxygens (including phenoxy) is 2. The van der Waals surface area contributed by atoms with Crippen molar-refractivity contribution in [2.45, 2.75) is 78.6 Å². The molecule has 2 N–H and O–H groups in total. The van der Waals surface area contributed by atoms with Crippen molar-refractivity contribution >= 4 is 18.4 Å². The van der Waals surface area contributed by atoms with Gasteiger partial charge in [-0.15, -0.1) is 0 Å². The summed E-state index contributed by atoms with van der Waals surface area (Å²) in [7, 11) is 0. The van der Waals surface area contributed by atoms with Crippen LogP contribution in [0.5, 0.6) is 0 Å². The summed E-state index contributed by atoms with van der Waals surface area (Å²) in [6, 6.07) is -0.901. The molecule has 1 amide bonds. The molecule has 8 heteroatoms. The third kappa shape index (κ3) is 10.6. The zero-order chi connectivity index (χ0) is 19.7. The average molecular weight is 359 g/mol. The summed E-state index contributed by atoms with van der Waals surface area (Å²) in [6.45, 7) is 13.0. The van der Waals surface area contributed by atoms with Crippen LogP contribution in [0, 0.1) is 0 Å². The minimum atomic E-state index is -0.901. The summed E-state index contributed by atoms with van der Waals surface area (Å²) < 4.78 is 10.8. The minimum Gasteiger partial charge on any atom is -0.458 e. The number of hydrogen-bond donors (Lipinski definition) is 1. The van der Waals surface area contributed by atoms with E-state index >= 15 is 0 Å². The Morgan fingerprint density at radius 3 is 2.12 bits per heavy atom. The molecule has 0 rings (SSSR count). The molecule has 0 aromatic rings. The fraction of sp³-hybridized carbons (Fsp3) is 0.824. The topological polar surface area (TPSA) is 103 Å². The molecule has 0 aromatic heterocycles. The lowest BCUT2D eigenvalue weighted by molar-refractivity contribution is -0.160. The van der Waals surface area contributed by atoms with Crippen LogP contribution in [0.2, 0.25) is 0 Å². The van der Waals surface area contributed by atoms with Crippen LogP contribution in [0.15, 0.2) is 5.16 Å². The van der Waals surface area contributed by atoms with Crippen LogP contribution in [-0.2, 0) is 19.1 Å². The third-order valence-corrected chi connectivity index (χ3v) is 2.68. The van der Waals surface area contributed by atoms with Gasteiger partial charge in [-0.1, -0.05) is 5.16 Å². The quantitative estimate of drug-likeness (QED) is 0.309. The Bertz CT molecular complexity index is 452. The molecule has 0 spiro atoms. The molecule has 0 aliphatic heterocycles. The molecule has 0 saturated heterocycles. The zero-order valence-corrected chi connectivity index (χ0v) is 16.5. The number of carbonyl (C=O) groups excluding carboxylic acids is 2. The molecule has 25 heavy (non-hydrogen) atoms. The molecule has 8 nitrogen and oxygen atoms in total. The SMILES string of the molecule is CCO/N=C/N(C(=O)OC(C)(C)C)[C@@H](CCCN)C(=O)OC(C)(C)C. The maximum atomic E-state index is 12.6. The summed E-state index contributed by atoms with van der Waals surface area (Å²) >= 11 is 0. The molecule has 0 radical (unpaired) electrons. The standard InChI is InChI=1S/C17H33N3O5/c1-8-23-19-12-20(15(22)25-17(5,6)7)13(10-9-11-18)14(21)24-16(2,3)4/h12-13H,8-11,18H2,1-7H3/b19-12+/t13-/m0/s1. The molecule has 0 aliphatic carbocycles. The number of hydrogen-bond acceptors (Lipinski definition) is 7. The highest BCUT2D eigenvalue weighted by Gasteiger charge is 2.35. The predicted octanol–water partition coefficient (Wildman–Crippen LogP) is 2.65. The van der Waals surface area contributed by atoms with Crippen LogP contribution < -0.4 is 5.73 Å². The first kappa shape index (κ1) is 23.2. The van der Waals surface area contributed by atoms with Crippen molar-refractivity contribution in [3.8, 4) is 0 Å². The van der Waals surface area contributed by atoms with Crippen molar-refractivity contribution in [2.75, 3.05) is 13.2 Å². The van der Waals surface area contributed by atoms with Crippen LogP contribution in [-0.4, -0.2) is 53.7 Å². The minimum absolute atomic E-state index is 0.322. The molecule has 146 valence electrons. The Morgan fingerprint density at radius 2 is 1.68 bits per heavy atom. The highest BCUT2D eigenvalue weighted by atomic mass is 16.6. The molecule has 0 saturated carbocycles. The van der Waals surface area contributed by atoms with Crippen molar-refractivity contribution in [3.63, 3.8) is 0 Å². The second kappa shape index (κ2) is 10.2. The predicted molar refractivity (Wildman–Crippen MR) is 96.1 cm³/mol. The Balaban J connectivity index is 5.55. The van der Waals surface area contributed by atoms with Crippen molar-refractivity contribution in [1.82, 2.24) is 4.90 Å². The number of amides is 1. The van der Waals surface area contributed by atoms with Gasteiger partial charge in [-0.2, -0.15) is 0 Å². The number of oxime groups is 1. The van der Waals surface area contributed by atoms with Crippen molar-refractivity contribution in [3.05, 3.63) is 0 Å². The van der Waals surface area contributed by atoms with Gasteiger partial charge >= 0.3 is 12.1 Å². The van der Waals surface area contributed by atoms with E-state index in [0.29, 0.717) is 26.0 Å². The van der Waals surface area contributed by atoms with Gasteiger partial charge < -0.3 is 20.0 Å². The van der Waals surface area contributed by atoms with Gasteiger partial charge in [0.05, 0.1) is 0 Å². The number of nitrogens with two attached hydrogens (primary N) is 1. The van der Waals surface area contributed by atoms with Gasteiger partial charge in [-0.3, -0.25) is 4.90 Å². The van der Waals surface area contributed by atoms with Gasteiger partial charge in [0, 0.05) is 0 Å². The van der Waals surface area contributed by atoms with E-state index in [1.165, 1.54) is 0 Å². The molecule has 0 aliphatic rings. The summed E-state index contributed by atoms with van der Waals surface area (Å²) in [6.07, 6.45) is 1.31. The van der Waals surface area contributed by atoms with Crippen molar-refractivity contribution < 1.29 is 23.9 Å². The molecule has 0 heterocycles. The first-order valence-corrected chi connectivity index (χ1v) is 8.51. The van der Waals surface area contributed by atoms with Gasteiger partial charge in [-0.25, -0.2) is 9.59 Å². The summed E-state index contributed by atoms with van der Waals surface area (Å²) in [5.74, 6) is -0.547. The lowest BCUT2D eigenvalue weighted by atomic mass is 10.1. The van der Waals surface area contributed by atoms with Crippen molar-refractivity contribution in [2.24, 2.45) is 10.9 Å². The Morgan fingerprint density at radius 1 is 1.12 bits per heavy atom. The molecular formula is C17H33N3O5. The van der Waals surface area contributed by atoms with Crippen LogP contribution in [0.25, 0.3) is 0 Å². The number of esters is 1. The highest BCUT2D eigenvalue weighted by Crippen LogP contribution is 2.17.